The van der Waals surface area contributed by atoms with Gasteiger partial charge in [-0.2, -0.15) is 0 Å². The van der Waals surface area contributed by atoms with Gasteiger partial charge in [0.2, 0.25) is 0 Å². The molecule has 1 atom stereocenters. The Labute approximate surface area is 108 Å². The van der Waals surface area contributed by atoms with E-state index in [1.807, 2.05) is 0 Å². The van der Waals surface area contributed by atoms with Gasteiger partial charge >= 0.3 is 6.09 Å². The van der Waals surface area contributed by atoms with E-state index in [1.54, 1.807) is 0 Å². The Morgan fingerprint density at radius 2 is 2.06 bits per heavy atom. The molecule has 1 amide bonds. The molecule has 18 heavy (non-hydrogen) atoms. The largest absolute Gasteiger partial charge is 0.465 e. The number of nitro groups is 1. The third-order valence-corrected chi connectivity index (χ3v) is 2.51. The molecule has 0 aliphatic carbocycles. The highest BCUT2D eigenvalue weighted by molar-refractivity contribution is 7.80. The van der Waals surface area contributed by atoms with Gasteiger partial charge in [0, 0.05) is 12.1 Å². The molecule has 0 heterocycles. The highest BCUT2D eigenvalue weighted by atomic mass is 32.1. The van der Waals surface area contributed by atoms with Gasteiger partial charge in [-0.1, -0.05) is 24.4 Å². The molecule has 1 aromatic carbocycles. The predicted octanol–water partition coefficient (Wildman–Crippen LogP) is 1.06. The maximum Gasteiger partial charge on any atom is 0.405 e. The molecule has 0 spiro atoms. The zero-order chi connectivity index (χ0) is 13.7. The van der Waals surface area contributed by atoms with E-state index < -0.39 is 17.1 Å². The number of nitrogens with one attached hydrogen (secondary N) is 1. The molecule has 4 N–H and O–H groups in total. The lowest BCUT2D eigenvalue weighted by Gasteiger charge is -2.15. The molecule has 0 radical (unpaired) electrons. The van der Waals surface area contributed by atoms with Crippen molar-refractivity contribution in [2.75, 3.05) is 0 Å². The van der Waals surface area contributed by atoms with Gasteiger partial charge in [-0.15, -0.1) is 0 Å². The number of rotatable bonds is 5. The van der Waals surface area contributed by atoms with E-state index in [-0.39, 0.29) is 17.1 Å². The molecule has 96 valence electrons. The molecule has 0 bridgehead atoms. The Bertz CT molecular complexity index is 475. The number of amides is 1. The first-order valence-electron chi connectivity index (χ1n) is 4.92. The zero-order valence-corrected chi connectivity index (χ0v) is 10.0. The van der Waals surface area contributed by atoms with Crippen LogP contribution < -0.4 is 11.1 Å². The van der Waals surface area contributed by atoms with Gasteiger partial charge in [-0.05, 0) is 12.0 Å². The summed E-state index contributed by atoms with van der Waals surface area (Å²) in [5, 5.41) is 21.3. The second-order valence-electron chi connectivity index (χ2n) is 3.53. The van der Waals surface area contributed by atoms with E-state index in [9.17, 15) is 14.9 Å². The SMILES string of the molecule is NC(=S)[C@@H](Cc1ccc([N+](=O)[O-])cc1)NC(=O)O. The molecule has 8 heteroatoms. The summed E-state index contributed by atoms with van der Waals surface area (Å²) in [6.45, 7) is 0. The van der Waals surface area contributed by atoms with Crippen LogP contribution in [-0.2, 0) is 6.42 Å². The van der Waals surface area contributed by atoms with Crippen molar-refractivity contribution in [2.45, 2.75) is 12.5 Å². The summed E-state index contributed by atoms with van der Waals surface area (Å²) in [6.07, 6.45) is -0.977. The lowest BCUT2D eigenvalue weighted by atomic mass is 10.1. The van der Waals surface area contributed by atoms with Crippen LogP contribution in [0.1, 0.15) is 5.56 Å². The van der Waals surface area contributed by atoms with Crippen LogP contribution in [0.4, 0.5) is 10.5 Å². The zero-order valence-electron chi connectivity index (χ0n) is 9.20. The number of nitrogens with two attached hydrogens (primary N) is 1. The van der Waals surface area contributed by atoms with Crippen LogP contribution in [0, 0.1) is 10.1 Å². The van der Waals surface area contributed by atoms with Crippen LogP contribution >= 0.6 is 12.2 Å². The van der Waals surface area contributed by atoms with E-state index in [0.29, 0.717) is 5.56 Å². The molecule has 1 aromatic rings. The fourth-order valence-electron chi connectivity index (χ4n) is 1.36. The second kappa shape index (κ2) is 5.92. The first-order chi connectivity index (χ1) is 8.40. The first kappa shape index (κ1) is 13.8. The normalized spacial score (nSPS) is 11.6. The summed E-state index contributed by atoms with van der Waals surface area (Å²) in [5.41, 5.74) is 6.08. The van der Waals surface area contributed by atoms with Gasteiger partial charge in [0.25, 0.3) is 5.69 Å². The van der Waals surface area contributed by atoms with Gasteiger partial charge < -0.3 is 16.2 Å². The standard InChI is InChI=1S/C10H11N3O4S/c11-9(18)8(12-10(14)15)5-6-1-3-7(4-2-6)13(16)17/h1-4,8,12H,5H2,(H2,11,18)(H,14,15)/t8-/m1/s1. The highest BCUT2D eigenvalue weighted by Gasteiger charge is 2.15. The average Bonchev–Trinajstić information content (AvgIpc) is 2.28. The van der Waals surface area contributed by atoms with Crippen molar-refractivity contribution in [3.63, 3.8) is 0 Å². The average molecular weight is 269 g/mol. The maximum atomic E-state index is 10.5. The third-order valence-electron chi connectivity index (χ3n) is 2.23. The minimum absolute atomic E-state index is 0.0238. The van der Waals surface area contributed by atoms with Crippen LogP contribution in [0.3, 0.4) is 0 Å². The van der Waals surface area contributed by atoms with Gasteiger partial charge in [0.05, 0.1) is 16.0 Å². The number of nitro benzene ring substituents is 1. The van der Waals surface area contributed by atoms with E-state index in [1.165, 1.54) is 24.3 Å². The molecule has 7 nitrogen and oxygen atoms in total. The van der Waals surface area contributed by atoms with Gasteiger partial charge in [0.1, 0.15) is 0 Å². The van der Waals surface area contributed by atoms with Crippen LogP contribution in [0.15, 0.2) is 24.3 Å². The number of non-ortho nitro benzene ring substituents is 1. The number of benzene rings is 1. The minimum Gasteiger partial charge on any atom is -0.465 e. The lowest BCUT2D eigenvalue weighted by molar-refractivity contribution is -0.384. The van der Waals surface area contributed by atoms with Gasteiger partial charge in [0.15, 0.2) is 0 Å². The lowest BCUT2D eigenvalue weighted by Crippen LogP contribution is -2.44. The molecule has 0 saturated heterocycles. The van der Waals surface area contributed by atoms with E-state index in [4.69, 9.17) is 23.1 Å². The molecule has 0 aliphatic rings. The second-order valence-corrected chi connectivity index (χ2v) is 4.00. The number of carbonyl (C=O) groups is 1. The summed E-state index contributed by atoms with van der Waals surface area (Å²) in [6, 6.07) is 5.05. The van der Waals surface area contributed by atoms with Crippen molar-refractivity contribution in [2.24, 2.45) is 5.73 Å². The fraction of sp³-hybridized carbons (Fsp3) is 0.200. The Morgan fingerprint density at radius 3 is 2.44 bits per heavy atom. The monoisotopic (exact) mass is 269 g/mol. The van der Waals surface area contributed by atoms with E-state index in [0.717, 1.165) is 0 Å². The molecule has 0 saturated carbocycles. The summed E-state index contributed by atoms with van der Waals surface area (Å²) < 4.78 is 0. The van der Waals surface area contributed by atoms with E-state index in [2.05, 4.69) is 5.32 Å². The van der Waals surface area contributed by atoms with Gasteiger partial charge in [-0.3, -0.25) is 10.1 Å². The minimum atomic E-state index is -1.23. The summed E-state index contributed by atoms with van der Waals surface area (Å²) in [4.78, 5) is 20.5. The number of hydrogen-bond donors (Lipinski definition) is 3. The Kier molecular flexibility index (Phi) is 4.55. The van der Waals surface area contributed by atoms with Crippen molar-refractivity contribution in [1.82, 2.24) is 5.32 Å². The molecule has 1 rings (SSSR count). The molecule has 0 unspecified atom stereocenters. The van der Waals surface area contributed by atoms with Crippen molar-refractivity contribution >= 4 is 29.0 Å². The predicted molar refractivity (Wildman–Crippen MR) is 68.5 cm³/mol. The van der Waals surface area contributed by atoms with Crippen LogP contribution in [0.25, 0.3) is 0 Å². The smallest absolute Gasteiger partial charge is 0.405 e. The number of thiocarbonyl (C=S) groups is 1. The molecule has 0 fully saturated rings. The Hall–Kier alpha value is -2.22. The third kappa shape index (κ3) is 3.98. The van der Waals surface area contributed by atoms with Gasteiger partial charge in [-0.25, -0.2) is 4.79 Å². The van der Waals surface area contributed by atoms with E-state index >= 15 is 0 Å². The first-order valence-corrected chi connectivity index (χ1v) is 5.33. The molecule has 0 aliphatic heterocycles. The van der Waals surface area contributed by atoms with Crippen LogP contribution in [0.2, 0.25) is 0 Å². The quantitative estimate of drug-likeness (QED) is 0.418. The maximum absolute atomic E-state index is 10.5. The summed E-state index contributed by atoms with van der Waals surface area (Å²) >= 11 is 4.75. The highest BCUT2D eigenvalue weighted by Crippen LogP contribution is 2.13. The fourth-order valence-corrected chi connectivity index (χ4v) is 1.50. The summed E-state index contributed by atoms with van der Waals surface area (Å²) in [7, 11) is 0. The molecular formula is C10H11N3O4S. The Balaban J connectivity index is 2.78. The van der Waals surface area contributed by atoms with Crippen molar-refractivity contribution < 1.29 is 14.8 Å². The summed E-state index contributed by atoms with van der Waals surface area (Å²) in [5.74, 6) is 0. The topological polar surface area (TPSA) is 118 Å². The van der Waals surface area contributed by atoms with Crippen molar-refractivity contribution in [3.05, 3.63) is 39.9 Å². The van der Waals surface area contributed by atoms with Crippen molar-refractivity contribution in [1.29, 1.82) is 0 Å². The van der Waals surface area contributed by atoms with Crippen molar-refractivity contribution in [3.8, 4) is 0 Å². The number of nitrogens with zero attached hydrogens (tertiary/aromatic N) is 1. The number of carboxylic acid groups (broad SMARTS) is 1. The molecular weight excluding hydrogens is 258 g/mol. The van der Waals surface area contributed by atoms with Crippen LogP contribution in [-0.4, -0.2) is 27.2 Å². The molecule has 0 aromatic heterocycles. The Morgan fingerprint density at radius 1 is 1.50 bits per heavy atom. The van der Waals surface area contributed by atoms with Crippen LogP contribution in [0.5, 0.6) is 0 Å². The number of hydrogen-bond acceptors (Lipinski definition) is 4.